The van der Waals surface area contributed by atoms with E-state index in [2.05, 4.69) is 40.6 Å². The molecule has 1 atom stereocenters. The molecule has 1 N–H and O–H groups in total. The van der Waals surface area contributed by atoms with E-state index in [4.69, 9.17) is 11.6 Å². The van der Waals surface area contributed by atoms with Gasteiger partial charge in [-0.2, -0.15) is 0 Å². The van der Waals surface area contributed by atoms with Crippen LogP contribution < -0.4 is 5.32 Å². The molecule has 1 aliphatic rings. The maximum atomic E-state index is 6.27. The highest BCUT2D eigenvalue weighted by Gasteiger charge is 2.23. The summed E-state index contributed by atoms with van der Waals surface area (Å²) in [5, 5.41) is 6.34. The van der Waals surface area contributed by atoms with Gasteiger partial charge in [-0.1, -0.05) is 25.4 Å². The van der Waals surface area contributed by atoms with E-state index in [0.717, 1.165) is 23.6 Å². The maximum absolute atomic E-state index is 6.27. The Bertz CT molecular complexity index is 651. The molecule has 1 unspecified atom stereocenters. The summed E-state index contributed by atoms with van der Waals surface area (Å²) in [5.74, 6) is 1.95. The molecule has 3 rings (SSSR count). The van der Waals surface area contributed by atoms with Crippen LogP contribution in [0.1, 0.15) is 60.5 Å². The van der Waals surface area contributed by atoms with Gasteiger partial charge in [-0.25, -0.2) is 9.97 Å². The fraction of sp³-hybridized carbons (Fsp3) is 0.500. The Morgan fingerprint density at radius 2 is 2.19 bits per heavy atom. The van der Waals surface area contributed by atoms with E-state index in [-0.39, 0.29) is 5.92 Å². The van der Waals surface area contributed by atoms with Gasteiger partial charge < -0.3 is 5.32 Å². The number of hydrogen-bond donors (Lipinski definition) is 1. The SMILES string of the molecule is Cc1c(Cl)nc(C(C)C)nc1NC1CCCc2sccc21. The minimum absolute atomic E-state index is 0.270. The number of nitrogens with one attached hydrogen (secondary N) is 1. The Morgan fingerprint density at radius 3 is 2.95 bits per heavy atom. The largest absolute Gasteiger partial charge is 0.363 e. The van der Waals surface area contributed by atoms with Crippen molar-refractivity contribution in [1.82, 2.24) is 9.97 Å². The van der Waals surface area contributed by atoms with Crippen molar-refractivity contribution in [1.29, 1.82) is 0 Å². The average molecular weight is 322 g/mol. The van der Waals surface area contributed by atoms with E-state index in [0.29, 0.717) is 11.2 Å². The predicted octanol–water partition coefficient (Wildman–Crippen LogP) is 5.11. The van der Waals surface area contributed by atoms with Crippen molar-refractivity contribution in [3.8, 4) is 0 Å². The minimum atomic E-state index is 0.270. The lowest BCUT2D eigenvalue weighted by molar-refractivity contribution is 0.605. The molecule has 0 radical (unpaired) electrons. The van der Waals surface area contributed by atoms with Gasteiger partial charge in [0.15, 0.2) is 0 Å². The van der Waals surface area contributed by atoms with Gasteiger partial charge >= 0.3 is 0 Å². The maximum Gasteiger partial charge on any atom is 0.137 e. The number of halogens is 1. The van der Waals surface area contributed by atoms with Crippen LogP contribution in [0.25, 0.3) is 0 Å². The molecule has 0 fully saturated rings. The molecule has 3 nitrogen and oxygen atoms in total. The zero-order valence-corrected chi connectivity index (χ0v) is 14.2. The van der Waals surface area contributed by atoms with Gasteiger partial charge in [0.05, 0.1) is 6.04 Å². The van der Waals surface area contributed by atoms with Crippen molar-refractivity contribution in [2.24, 2.45) is 0 Å². The van der Waals surface area contributed by atoms with E-state index in [1.807, 2.05) is 18.3 Å². The van der Waals surface area contributed by atoms with Crippen LogP contribution in [0.3, 0.4) is 0 Å². The smallest absolute Gasteiger partial charge is 0.137 e. The summed E-state index contributed by atoms with van der Waals surface area (Å²) in [6, 6.07) is 2.57. The first kappa shape index (κ1) is 14.8. The number of aromatic nitrogens is 2. The second kappa shape index (κ2) is 5.93. The van der Waals surface area contributed by atoms with Gasteiger partial charge in [-0.15, -0.1) is 11.3 Å². The fourth-order valence-corrected chi connectivity index (χ4v) is 3.87. The molecule has 112 valence electrons. The molecule has 0 spiro atoms. The first-order valence-electron chi connectivity index (χ1n) is 7.43. The molecule has 0 saturated carbocycles. The Balaban J connectivity index is 1.92. The Hall–Kier alpha value is -1.13. The number of fused-ring (bicyclic) bond motifs is 1. The molecule has 2 heterocycles. The Kier molecular flexibility index (Phi) is 4.18. The molecule has 2 aromatic rings. The highest BCUT2D eigenvalue weighted by atomic mass is 35.5. The summed E-state index contributed by atoms with van der Waals surface area (Å²) in [4.78, 5) is 10.6. The Morgan fingerprint density at radius 1 is 1.38 bits per heavy atom. The van der Waals surface area contributed by atoms with Gasteiger partial charge in [-0.05, 0) is 43.2 Å². The molecular formula is C16H20ClN3S. The van der Waals surface area contributed by atoms with E-state index in [1.165, 1.54) is 23.3 Å². The first-order valence-corrected chi connectivity index (χ1v) is 8.69. The van der Waals surface area contributed by atoms with Crippen molar-refractivity contribution in [2.75, 3.05) is 5.32 Å². The van der Waals surface area contributed by atoms with Crippen molar-refractivity contribution >= 4 is 28.8 Å². The summed E-state index contributed by atoms with van der Waals surface area (Å²) in [5.41, 5.74) is 2.36. The lowest BCUT2D eigenvalue weighted by Gasteiger charge is -2.25. The molecule has 0 saturated heterocycles. The quantitative estimate of drug-likeness (QED) is 0.798. The predicted molar refractivity (Wildman–Crippen MR) is 89.5 cm³/mol. The molecule has 2 aromatic heterocycles. The fourth-order valence-electron chi connectivity index (χ4n) is 2.71. The molecule has 0 aromatic carbocycles. The summed E-state index contributed by atoms with van der Waals surface area (Å²) in [7, 11) is 0. The van der Waals surface area contributed by atoms with Crippen LogP contribution in [0.2, 0.25) is 5.15 Å². The van der Waals surface area contributed by atoms with Gasteiger partial charge in [0.25, 0.3) is 0 Å². The van der Waals surface area contributed by atoms with Crippen LogP contribution in [0.5, 0.6) is 0 Å². The number of hydrogen-bond acceptors (Lipinski definition) is 4. The standard InChI is InChI=1S/C16H20ClN3S/c1-9(2)15-19-14(17)10(3)16(20-15)18-12-5-4-6-13-11(12)7-8-21-13/h7-9,12H,4-6H2,1-3H3,(H,18,19,20). The molecule has 5 heteroatoms. The number of aryl methyl sites for hydroxylation is 1. The third-order valence-electron chi connectivity index (χ3n) is 3.98. The third-order valence-corrected chi connectivity index (χ3v) is 5.35. The third kappa shape index (κ3) is 2.92. The molecule has 21 heavy (non-hydrogen) atoms. The van der Waals surface area contributed by atoms with Crippen LogP contribution in [-0.4, -0.2) is 9.97 Å². The molecule has 1 aliphatic carbocycles. The number of nitrogens with zero attached hydrogens (tertiary/aromatic N) is 2. The first-order chi connectivity index (χ1) is 10.1. The van der Waals surface area contributed by atoms with Crippen LogP contribution in [0, 0.1) is 6.92 Å². The summed E-state index contributed by atoms with van der Waals surface area (Å²) in [6.45, 7) is 6.15. The van der Waals surface area contributed by atoms with Gasteiger partial charge in [0.1, 0.15) is 16.8 Å². The lowest BCUT2D eigenvalue weighted by Crippen LogP contribution is -2.18. The Labute approximate surface area is 134 Å². The summed E-state index contributed by atoms with van der Waals surface area (Å²) >= 11 is 8.13. The average Bonchev–Trinajstić information content (AvgIpc) is 2.92. The monoisotopic (exact) mass is 321 g/mol. The van der Waals surface area contributed by atoms with Crippen molar-refractivity contribution < 1.29 is 0 Å². The minimum Gasteiger partial charge on any atom is -0.363 e. The second-order valence-electron chi connectivity index (χ2n) is 5.89. The van der Waals surface area contributed by atoms with E-state index in [9.17, 15) is 0 Å². The topological polar surface area (TPSA) is 37.8 Å². The zero-order valence-electron chi connectivity index (χ0n) is 12.6. The molecule has 0 amide bonds. The van der Waals surface area contributed by atoms with Gasteiger partial charge in [0, 0.05) is 16.4 Å². The second-order valence-corrected chi connectivity index (χ2v) is 7.25. The van der Waals surface area contributed by atoms with Crippen LogP contribution in [0.4, 0.5) is 5.82 Å². The van der Waals surface area contributed by atoms with Crippen molar-refractivity contribution in [3.05, 3.63) is 38.4 Å². The van der Waals surface area contributed by atoms with Gasteiger partial charge in [0.2, 0.25) is 0 Å². The van der Waals surface area contributed by atoms with E-state index in [1.54, 1.807) is 0 Å². The lowest BCUT2D eigenvalue weighted by atomic mass is 9.94. The number of thiophene rings is 1. The van der Waals surface area contributed by atoms with Crippen LogP contribution in [0.15, 0.2) is 11.4 Å². The highest BCUT2D eigenvalue weighted by Crippen LogP contribution is 2.36. The summed E-state index contributed by atoms with van der Waals surface area (Å²) in [6.07, 6.45) is 3.56. The van der Waals surface area contributed by atoms with Gasteiger partial charge in [-0.3, -0.25) is 0 Å². The summed E-state index contributed by atoms with van der Waals surface area (Å²) < 4.78 is 0. The van der Waals surface area contributed by atoms with E-state index >= 15 is 0 Å². The normalized spacial score (nSPS) is 17.9. The van der Waals surface area contributed by atoms with Crippen LogP contribution in [-0.2, 0) is 6.42 Å². The molecular weight excluding hydrogens is 302 g/mol. The molecule has 0 aliphatic heterocycles. The highest BCUT2D eigenvalue weighted by molar-refractivity contribution is 7.10. The van der Waals surface area contributed by atoms with Crippen molar-refractivity contribution in [3.63, 3.8) is 0 Å². The van der Waals surface area contributed by atoms with E-state index < -0.39 is 0 Å². The number of anilines is 1. The molecule has 0 bridgehead atoms. The van der Waals surface area contributed by atoms with Crippen molar-refractivity contribution in [2.45, 2.75) is 52.0 Å². The number of rotatable bonds is 3. The van der Waals surface area contributed by atoms with Crippen LogP contribution >= 0.6 is 22.9 Å². The zero-order chi connectivity index (χ0) is 15.0.